The van der Waals surface area contributed by atoms with Gasteiger partial charge in [-0.1, -0.05) is 0 Å². The average molecular weight is 227 g/mol. The van der Waals surface area contributed by atoms with Crippen molar-refractivity contribution in [2.24, 2.45) is 11.1 Å². The molecule has 0 bridgehead atoms. The lowest BCUT2D eigenvalue weighted by molar-refractivity contribution is -0.126. The number of amides is 1. The number of nitrogens with one attached hydrogen (secondary N) is 1. The Morgan fingerprint density at radius 2 is 2.50 bits per heavy atom. The van der Waals surface area contributed by atoms with Crippen molar-refractivity contribution >= 4 is 5.91 Å². The Morgan fingerprint density at radius 3 is 3.06 bits per heavy atom. The van der Waals surface area contributed by atoms with Crippen molar-refractivity contribution in [3.8, 4) is 0 Å². The standard InChI is InChI=1S/C11H21N3O2/c1-11(10(12)15)2-4-14(8-11)7-9-6-13-3-5-16-9/h9,13H,2-8H2,1H3,(H2,12,15). The molecule has 16 heavy (non-hydrogen) atoms. The minimum Gasteiger partial charge on any atom is -0.374 e. The van der Waals surface area contributed by atoms with Gasteiger partial charge in [-0.25, -0.2) is 0 Å². The third kappa shape index (κ3) is 2.53. The van der Waals surface area contributed by atoms with Crippen LogP contribution in [0, 0.1) is 5.41 Å². The van der Waals surface area contributed by atoms with Crippen molar-refractivity contribution in [1.29, 1.82) is 0 Å². The highest BCUT2D eigenvalue weighted by Gasteiger charge is 2.39. The molecule has 92 valence electrons. The summed E-state index contributed by atoms with van der Waals surface area (Å²) in [5.74, 6) is -0.183. The van der Waals surface area contributed by atoms with Crippen LogP contribution in [0.15, 0.2) is 0 Å². The minimum absolute atomic E-state index is 0.183. The Hall–Kier alpha value is -0.650. The molecular formula is C11H21N3O2. The number of hydrogen-bond donors (Lipinski definition) is 2. The van der Waals surface area contributed by atoms with Crippen LogP contribution in [-0.4, -0.2) is 56.2 Å². The van der Waals surface area contributed by atoms with Gasteiger partial charge in [0.05, 0.1) is 18.1 Å². The summed E-state index contributed by atoms with van der Waals surface area (Å²) in [5.41, 5.74) is 5.07. The summed E-state index contributed by atoms with van der Waals surface area (Å²) in [6, 6.07) is 0. The molecule has 0 spiro atoms. The maximum absolute atomic E-state index is 11.3. The van der Waals surface area contributed by atoms with E-state index in [2.05, 4.69) is 10.2 Å². The quantitative estimate of drug-likeness (QED) is 0.660. The fourth-order valence-corrected chi connectivity index (χ4v) is 2.44. The molecule has 0 aromatic carbocycles. The lowest BCUT2D eigenvalue weighted by atomic mass is 9.89. The van der Waals surface area contributed by atoms with Crippen molar-refractivity contribution in [2.45, 2.75) is 19.4 Å². The molecule has 0 aromatic rings. The van der Waals surface area contributed by atoms with Crippen LogP contribution in [0.3, 0.4) is 0 Å². The fourth-order valence-electron chi connectivity index (χ4n) is 2.44. The number of likely N-dealkylation sites (tertiary alicyclic amines) is 1. The van der Waals surface area contributed by atoms with Gasteiger partial charge in [-0.2, -0.15) is 0 Å². The second-order valence-electron chi connectivity index (χ2n) is 5.11. The molecule has 0 aliphatic carbocycles. The average Bonchev–Trinajstić information content (AvgIpc) is 2.63. The van der Waals surface area contributed by atoms with E-state index in [0.717, 1.165) is 45.8 Å². The van der Waals surface area contributed by atoms with E-state index in [0.29, 0.717) is 0 Å². The zero-order valence-electron chi connectivity index (χ0n) is 9.87. The highest BCUT2D eigenvalue weighted by Crippen LogP contribution is 2.29. The summed E-state index contributed by atoms with van der Waals surface area (Å²) in [6.07, 6.45) is 1.12. The Bertz CT molecular complexity index is 266. The molecule has 0 radical (unpaired) electrons. The van der Waals surface area contributed by atoms with E-state index in [4.69, 9.17) is 10.5 Å². The number of ether oxygens (including phenoxy) is 1. The van der Waals surface area contributed by atoms with Crippen LogP contribution in [-0.2, 0) is 9.53 Å². The van der Waals surface area contributed by atoms with Gasteiger partial charge in [0.1, 0.15) is 0 Å². The first-order valence-electron chi connectivity index (χ1n) is 5.95. The maximum atomic E-state index is 11.3. The van der Waals surface area contributed by atoms with Gasteiger partial charge in [-0.3, -0.25) is 9.69 Å². The van der Waals surface area contributed by atoms with Gasteiger partial charge in [0.2, 0.25) is 5.91 Å². The van der Waals surface area contributed by atoms with Crippen molar-refractivity contribution < 1.29 is 9.53 Å². The van der Waals surface area contributed by atoms with Gasteiger partial charge in [-0.15, -0.1) is 0 Å². The topological polar surface area (TPSA) is 67.6 Å². The molecule has 1 amide bonds. The molecule has 2 aliphatic heterocycles. The predicted octanol–water partition coefficient (Wildman–Crippen LogP) is -0.828. The number of nitrogens with zero attached hydrogens (tertiary/aromatic N) is 1. The van der Waals surface area contributed by atoms with Crippen LogP contribution in [0.2, 0.25) is 0 Å². The summed E-state index contributed by atoms with van der Waals surface area (Å²) < 4.78 is 5.65. The number of carbonyl (C=O) groups excluding carboxylic acids is 1. The van der Waals surface area contributed by atoms with E-state index in [1.165, 1.54) is 0 Å². The van der Waals surface area contributed by atoms with Crippen molar-refractivity contribution in [3.63, 3.8) is 0 Å². The SMILES string of the molecule is CC1(C(N)=O)CCN(CC2CNCCO2)C1. The zero-order chi connectivity index (χ0) is 11.6. The number of morpholine rings is 1. The summed E-state index contributed by atoms with van der Waals surface area (Å²) in [5, 5.41) is 3.31. The molecule has 2 unspecified atom stereocenters. The Balaban J connectivity index is 1.82. The highest BCUT2D eigenvalue weighted by molar-refractivity contribution is 5.81. The van der Waals surface area contributed by atoms with Gasteiger partial charge in [0.25, 0.3) is 0 Å². The number of primary amides is 1. The van der Waals surface area contributed by atoms with Gasteiger partial charge in [0.15, 0.2) is 0 Å². The molecule has 2 fully saturated rings. The number of rotatable bonds is 3. The summed E-state index contributed by atoms with van der Waals surface area (Å²) >= 11 is 0. The first-order chi connectivity index (χ1) is 7.60. The first kappa shape index (κ1) is 11.8. The molecule has 0 saturated carbocycles. The predicted molar refractivity (Wildman–Crippen MR) is 61.0 cm³/mol. The van der Waals surface area contributed by atoms with Crippen molar-refractivity contribution in [1.82, 2.24) is 10.2 Å². The third-order valence-electron chi connectivity index (χ3n) is 3.61. The first-order valence-corrected chi connectivity index (χ1v) is 5.95. The molecule has 5 heteroatoms. The molecule has 5 nitrogen and oxygen atoms in total. The van der Waals surface area contributed by atoms with Crippen LogP contribution >= 0.6 is 0 Å². The van der Waals surface area contributed by atoms with Gasteiger partial charge < -0.3 is 15.8 Å². The monoisotopic (exact) mass is 227 g/mol. The Labute approximate surface area is 96.3 Å². The molecule has 2 aliphatic rings. The smallest absolute Gasteiger partial charge is 0.224 e. The zero-order valence-corrected chi connectivity index (χ0v) is 9.87. The summed E-state index contributed by atoms with van der Waals surface area (Å²) in [4.78, 5) is 13.6. The van der Waals surface area contributed by atoms with E-state index in [-0.39, 0.29) is 17.4 Å². The van der Waals surface area contributed by atoms with Crippen LogP contribution in [0.4, 0.5) is 0 Å². The van der Waals surface area contributed by atoms with Crippen LogP contribution in [0.1, 0.15) is 13.3 Å². The molecule has 2 heterocycles. The van der Waals surface area contributed by atoms with Crippen LogP contribution < -0.4 is 11.1 Å². The lowest BCUT2D eigenvalue weighted by Crippen LogP contribution is -2.45. The van der Waals surface area contributed by atoms with E-state index >= 15 is 0 Å². The summed E-state index contributed by atoms with van der Waals surface area (Å²) in [7, 11) is 0. The van der Waals surface area contributed by atoms with E-state index in [1.54, 1.807) is 0 Å². The number of hydrogen-bond acceptors (Lipinski definition) is 4. The van der Waals surface area contributed by atoms with Gasteiger partial charge in [-0.05, 0) is 19.9 Å². The Kier molecular flexibility index (Phi) is 3.47. The molecule has 3 N–H and O–H groups in total. The normalized spacial score (nSPS) is 36.4. The van der Waals surface area contributed by atoms with E-state index < -0.39 is 0 Å². The third-order valence-corrected chi connectivity index (χ3v) is 3.61. The van der Waals surface area contributed by atoms with E-state index in [1.807, 2.05) is 6.92 Å². The second-order valence-corrected chi connectivity index (χ2v) is 5.11. The number of nitrogens with two attached hydrogens (primary N) is 1. The van der Waals surface area contributed by atoms with Crippen LogP contribution in [0.5, 0.6) is 0 Å². The second kappa shape index (κ2) is 4.69. The van der Waals surface area contributed by atoms with Crippen molar-refractivity contribution in [3.05, 3.63) is 0 Å². The molecule has 2 rings (SSSR count). The van der Waals surface area contributed by atoms with Gasteiger partial charge in [0, 0.05) is 26.2 Å². The lowest BCUT2D eigenvalue weighted by Gasteiger charge is -2.28. The molecule has 0 aromatic heterocycles. The van der Waals surface area contributed by atoms with Gasteiger partial charge >= 0.3 is 0 Å². The molecular weight excluding hydrogens is 206 g/mol. The fraction of sp³-hybridized carbons (Fsp3) is 0.909. The molecule has 2 saturated heterocycles. The highest BCUT2D eigenvalue weighted by atomic mass is 16.5. The maximum Gasteiger partial charge on any atom is 0.224 e. The summed E-state index contributed by atoms with van der Waals surface area (Å²) in [6.45, 7) is 7.19. The van der Waals surface area contributed by atoms with Crippen LogP contribution in [0.25, 0.3) is 0 Å². The largest absolute Gasteiger partial charge is 0.374 e. The molecule has 2 atom stereocenters. The number of carbonyl (C=O) groups is 1. The minimum atomic E-state index is -0.345. The Morgan fingerprint density at radius 1 is 1.69 bits per heavy atom. The van der Waals surface area contributed by atoms with E-state index in [9.17, 15) is 4.79 Å². The van der Waals surface area contributed by atoms with Crippen molar-refractivity contribution in [2.75, 3.05) is 39.3 Å².